The van der Waals surface area contributed by atoms with Crippen molar-refractivity contribution in [3.05, 3.63) is 45.9 Å². The predicted molar refractivity (Wildman–Crippen MR) is 78.8 cm³/mol. The molecule has 0 aliphatic heterocycles. The smallest absolute Gasteiger partial charge is 0.230 e. The Labute approximate surface area is 126 Å². The number of aromatic nitrogens is 1. The van der Waals surface area contributed by atoms with Crippen molar-refractivity contribution < 1.29 is 17.0 Å². The number of hydrogen-bond acceptors (Lipinski definition) is 1. The van der Waals surface area contributed by atoms with Crippen molar-refractivity contribution in [1.82, 2.24) is 0 Å². The van der Waals surface area contributed by atoms with Crippen molar-refractivity contribution in [1.29, 1.82) is 0 Å². The highest BCUT2D eigenvalue weighted by Gasteiger charge is 2.23. The maximum Gasteiger partial charge on any atom is 0.230 e. The van der Waals surface area contributed by atoms with E-state index in [-0.39, 0.29) is 12.4 Å². The zero-order valence-electron chi connectivity index (χ0n) is 12.3. The van der Waals surface area contributed by atoms with E-state index in [1.807, 2.05) is 0 Å². The van der Waals surface area contributed by atoms with E-state index in [1.54, 1.807) is 11.3 Å². The Kier molecular flexibility index (Phi) is 5.57. The fourth-order valence-electron chi connectivity index (χ4n) is 2.35. The third-order valence-electron chi connectivity index (χ3n) is 3.37. The number of nitrogens with zero attached hydrogens (tertiary/aromatic N) is 1. The maximum absolute atomic E-state index is 2.34. The van der Waals surface area contributed by atoms with Gasteiger partial charge in [0.25, 0.3) is 0 Å². The zero-order valence-corrected chi connectivity index (χ0v) is 13.8. The van der Waals surface area contributed by atoms with E-state index >= 15 is 0 Å². The molecule has 0 saturated heterocycles. The van der Waals surface area contributed by atoms with E-state index in [1.165, 1.54) is 22.5 Å². The molecule has 104 valence electrons. The summed E-state index contributed by atoms with van der Waals surface area (Å²) in [7, 11) is 0. The first-order chi connectivity index (χ1) is 8.52. The summed E-state index contributed by atoms with van der Waals surface area (Å²) in [5.74, 6) is 1.09. The number of hydrogen-bond donors (Lipinski definition) is 0. The molecule has 0 fully saturated rings. The van der Waals surface area contributed by atoms with Crippen molar-refractivity contribution >= 4 is 11.3 Å². The lowest BCUT2D eigenvalue weighted by Crippen LogP contribution is -3.00. The largest absolute Gasteiger partial charge is 1.00 e. The van der Waals surface area contributed by atoms with Crippen LogP contribution < -0.4 is 17.0 Å². The second kappa shape index (κ2) is 6.53. The van der Waals surface area contributed by atoms with Gasteiger partial charge in [0.2, 0.25) is 11.2 Å². The minimum atomic E-state index is 0. The number of rotatable bonds is 3. The summed E-state index contributed by atoms with van der Waals surface area (Å²) in [6, 6.07) is 6.71. The van der Waals surface area contributed by atoms with Gasteiger partial charge in [0.15, 0.2) is 5.69 Å². The lowest BCUT2D eigenvalue weighted by molar-refractivity contribution is -0.598. The number of benzene rings is 1. The number of halogens is 1. The van der Waals surface area contributed by atoms with Gasteiger partial charge in [0.05, 0.1) is 5.38 Å². The molecule has 1 heterocycles. The Morgan fingerprint density at radius 2 is 1.53 bits per heavy atom. The summed E-state index contributed by atoms with van der Waals surface area (Å²) in [5, 5.41) is 2.21. The monoisotopic (exact) mass is 295 g/mol. The first-order valence-corrected chi connectivity index (χ1v) is 7.54. The topological polar surface area (TPSA) is 3.88 Å². The quantitative estimate of drug-likeness (QED) is 0.757. The third kappa shape index (κ3) is 3.18. The molecule has 0 N–H and O–H groups in total. The highest BCUT2D eigenvalue weighted by molar-refractivity contribution is 7.07. The summed E-state index contributed by atoms with van der Waals surface area (Å²) in [4.78, 5) is 0. The molecule has 0 unspecified atom stereocenters. The molecule has 0 saturated carbocycles. The van der Waals surface area contributed by atoms with Crippen LogP contribution >= 0.6 is 11.3 Å². The van der Waals surface area contributed by atoms with E-state index in [9.17, 15) is 0 Å². The second-order valence-electron chi connectivity index (χ2n) is 5.47. The average molecular weight is 296 g/mol. The summed E-state index contributed by atoms with van der Waals surface area (Å²) in [6.45, 7) is 11.3. The number of aryl methyl sites for hydroxylation is 1. The molecular formula is C16H22ClNS. The van der Waals surface area contributed by atoms with Crippen molar-refractivity contribution in [2.24, 2.45) is 0 Å². The molecular weight excluding hydrogens is 274 g/mol. The van der Waals surface area contributed by atoms with E-state index in [2.05, 4.69) is 68.3 Å². The van der Waals surface area contributed by atoms with Crippen LogP contribution in [0.2, 0.25) is 0 Å². The van der Waals surface area contributed by atoms with E-state index in [4.69, 9.17) is 0 Å². The van der Waals surface area contributed by atoms with Gasteiger partial charge in [-0.05, 0) is 11.8 Å². The Morgan fingerprint density at radius 1 is 1.00 bits per heavy atom. The van der Waals surface area contributed by atoms with Crippen LogP contribution in [0.1, 0.15) is 56.4 Å². The minimum Gasteiger partial charge on any atom is -1.00 e. The normalized spacial score (nSPS) is 10.9. The van der Waals surface area contributed by atoms with Crippen LogP contribution in [0, 0.1) is 6.92 Å². The summed E-state index contributed by atoms with van der Waals surface area (Å²) in [6.07, 6.45) is 0. The lowest BCUT2D eigenvalue weighted by atomic mass is 9.92. The van der Waals surface area contributed by atoms with E-state index < -0.39 is 0 Å². The Morgan fingerprint density at radius 3 is 1.89 bits per heavy atom. The van der Waals surface area contributed by atoms with Crippen LogP contribution in [0.5, 0.6) is 0 Å². The summed E-state index contributed by atoms with van der Waals surface area (Å²) >= 11 is 1.76. The first-order valence-electron chi connectivity index (χ1n) is 6.60. The van der Waals surface area contributed by atoms with Crippen LogP contribution in [0.4, 0.5) is 0 Å². The fraction of sp³-hybridized carbons (Fsp3) is 0.438. The van der Waals surface area contributed by atoms with E-state index in [0.29, 0.717) is 11.8 Å². The van der Waals surface area contributed by atoms with Gasteiger partial charge in [0.1, 0.15) is 0 Å². The third-order valence-corrected chi connectivity index (χ3v) is 4.18. The predicted octanol–water partition coefficient (Wildman–Crippen LogP) is 1.58. The molecule has 0 bridgehead atoms. The molecule has 1 aromatic carbocycles. The molecule has 2 rings (SSSR count). The van der Waals surface area contributed by atoms with Gasteiger partial charge in [-0.2, -0.15) is 4.57 Å². The Hall–Kier alpha value is -0.860. The van der Waals surface area contributed by atoms with Gasteiger partial charge in [-0.15, -0.1) is 0 Å². The molecule has 0 aliphatic carbocycles. The number of para-hydroxylation sites is 1. The Bertz CT molecular complexity index is 517. The molecule has 0 spiro atoms. The van der Waals surface area contributed by atoms with Crippen molar-refractivity contribution in [2.45, 2.75) is 46.5 Å². The molecule has 0 aliphatic rings. The lowest BCUT2D eigenvalue weighted by Gasteiger charge is -2.14. The van der Waals surface area contributed by atoms with Crippen LogP contribution in [-0.2, 0) is 0 Å². The molecule has 1 nitrogen and oxygen atoms in total. The molecule has 0 radical (unpaired) electrons. The molecule has 0 amide bonds. The van der Waals surface area contributed by atoms with Crippen molar-refractivity contribution in [3.63, 3.8) is 0 Å². The first kappa shape index (κ1) is 16.2. The fourth-order valence-corrected chi connectivity index (χ4v) is 3.11. The van der Waals surface area contributed by atoms with Crippen molar-refractivity contribution in [2.75, 3.05) is 0 Å². The molecule has 0 atom stereocenters. The van der Waals surface area contributed by atoms with Gasteiger partial charge in [-0.1, -0.05) is 57.2 Å². The van der Waals surface area contributed by atoms with E-state index in [0.717, 1.165) is 0 Å². The Balaban J connectivity index is 0.00000180. The molecule has 2 aromatic rings. The summed E-state index contributed by atoms with van der Waals surface area (Å²) < 4.78 is 2.34. The van der Waals surface area contributed by atoms with Crippen molar-refractivity contribution in [3.8, 4) is 5.69 Å². The van der Waals surface area contributed by atoms with Gasteiger partial charge in [-0.25, -0.2) is 0 Å². The molecule has 1 aromatic heterocycles. The summed E-state index contributed by atoms with van der Waals surface area (Å²) in [5.41, 5.74) is 7.79. The van der Waals surface area contributed by atoms with Crippen LogP contribution in [0.15, 0.2) is 29.1 Å². The second-order valence-corrected chi connectivity index (χ2v) is 6.18. The van der Waals surface area contributed by atoms with Gasteiger partial charge in [-0.3, -0.25) is 0 Å². The SMILES string of the molecule is Cc1csc[n+]1-c1c(C(C)C)cccc1C(C)C.[Cl-]. The highest BCUT2D eigenvalue weighted by Crippen LogP contribution is 2.28. The number of thiazole rings is 1. The van der Waals surface area contributed by atoms with Gasteiger partial charge >= 0.3 is 0 Å². The van der Waals surface area contributed by atoms with Crippen LogP contribution in [0.25, 0.3) is 5.69 Å². The minimum absolute atomic E-state index is 0. The van der Waals surface area contributed by atoms with Crippen LogP contribution in [-0.4, -0.2) is 0 Å². The highest BCUT2D eigenvalue weighted by atomic mass is 35.5. The molecule has 3 heteroatoms. The molecule has 19 heavy (non-hydrogen) atoms. The maximum atomic E-state index is 2.34. The standard InChI is InChI=1S/C16H22NS.ClH/c1-11(2)14-7-6-8-15(12(3)4)16(14)17-10-18-9-13(17)5;/h6-12H,1-5H3;1H/q+1;/p-1. The van der Waals surface area contributed by atoms with Crippen LogP contribution in [0.3, 0.4) is 0 Å². The zero-order chi connectivity index (χ0) is 13.3. The van der Waals surface area contributed by atoms with Gasteiger partial charge < -0.3 is 12.4 Å². The van der Waals surface area contributed by atoms with Gasteiger partial charge in [0, 0.05) is 18.1 Å². The average Bonchev–Trinajstić information content (AvgIpc) is 2.74.